The number of nitrogens with zero attached hydrogens (tertiary/aromatic N) is 1. The summed E-state index contributed by atoms with van der Waals surface area (Å²) < 4.78 is 0. The van der Waals surface area contributed by atoms with Gasteiger partial charge in [0, 0.05) is 18.8 Å². The van der Waals surface area contributed by atoms with Crippen LogP contribution in [0.4, 0.5) is 5.69 Å². The van der Waals surface area contributed by atoms with Crippen molar-refractivity contribution in [2.45, 2.75) is 25.8 Å². The quantitative estimate of drug-likeness (QED) is 0.644. The summed E-state index contributed by atoms with van der Waals surface area (Å²) in [4.78, 5) is 2.40. The van der Waals surface area contributed by atoms with Gasteiger partial charge in [-0.2, -0.15) is 0 Å². The van der Waals surface area contributed by atoms with E-state index in [1.165, 1.54) is 24.1 Å². The maximum absolute atomic E-state index is 2.40. The molecule has 0 aliphatic heterocycles. The lowest BCUT2D eigenvalue weighted by atomic mass is 10.2. The Kier molecular flexibility index (Phi) is 1.80. The highest BCUT2D eigenvalue weighted by atomic mass is 15.2. The molecule has 1 aromatic carbocycles. The molecule has 1 fully saturated rings. The van der Waals surface area contributed by atoms with Crippen LogP contribution >= 0.6 is 0 Å². The second-order valence-corrected chi connectivity index (χ2v) is 3.63. The number of anilines is 1. The number of hydrogen-bond acceptors (Lipinski definition) is 1. The second kappa shape index (κ2) is 2.81. The van der Waals surface area contributed by atoms with Gasteiger partial charge in [-0.05, 0) is 31.4 Å². The monoisotopic (exact) mass is 161 g/mol. The van der Waals surface area contributed by atoms with Crippen molar-refractivity contribution in [3.8, 4) is 0 Å². The summed E-state index contributed by atoms with van der Waals surface area (Å²) in [5.41, 5.74) is 2.77. The van der Waals surface area contributed by atoms with Gasteiger partial charge in [0.25, 0.3) is 0 Å². The molecule has 0 saturated heterocycles. The number of para-hydroxylation sites is 1. The van der Waals surface area contributed by atoms with E-state index >= 15 is 0 Å². The van der Waals surface area contributed by atoms with Crippen LogP contribution in [-0.4, -0.2) is 13.1 Å². The van der Waals surface area contributed by atoms with Crippen LogP contribution < -0.4 is 4.90 Å². The Morgan fingerprint density at radius 1 is 1.25 bits per heavy atom. The van der Waals surface area contributed by atoms with Crippen LogP contribution in [-0.2, 0) is 0 Å². The Bertz CT molecular complexity index is 276. The van der Waals surface area contributed by atoms with Crippen molar-refractivity contribution >= 4 is 5.69 Å². The highest BCUT2D eigenvalue weighted by Crippen LogP contribution is 2.31. The molecular formula is C11H15N. The molecule has 1 aliphatic rings. The predicted molar refractivity (Wildman–Crippen MR) is 52.6 cm³/mol. The van der Waals surface area contributed by atoms with E-state index in [4.69, 9.17) is 0 Å². The molecule has 1 nitrogen and oxygen atoms in total. The van der Waals surface area contributed by atoms with Crippen LogP contribution in [0.1, 0.15) is 18.4 Å². The van der Waals surface area contributed by atoms with E-state index in [2.05, 4.69) is 43.1 Å². The molecule has 12 heavy (non-hydrogen) atoms. The van der Waals surface area contributed by atoms with Gasteiger partial charge >= 0.3 is 0 Å². The SMILES string of the molecule is Cc1ccccc1N(C)C1CC1. The van der Waals surface area contributed by atoms with Crippen LogP contribution in [0.5, 0.6) is 0 Å². The maximum atomic E-state index is 2.40. The minimum Gasteiger partial charge on any atom is -0.371 e. The fraction of sp³-hybridized carbons (Fsp3) is 0.455. The summed E-state index contributed by atoms with van der Waals surface area (Å²) in [6, 6.07) is 9.40. The standard InChI is InChI=1S/C11H15N/c1-9-5-3-4-6-11(9)12(2)10-7-8-10/h3-6,10H,7-8H2,1-2H3. The first-order valence-electron chi connectivity index (χ1n) is 4.57. The molecule has 1 aliphatic carbocycles. The van der Waals surface area contributed by atoms with Crippen molar-refractivity contribution in [3.05, 3.63) is 29.8 Å². The summed E-state index contributed by atoms with van der Waals surface area (Å²) in [5.74, 6) is 0. The summed E-state index contributed by atoms with van der Waals surface area (Å²) >= 11 is 0. The van der Waals surface area contributed by atoms with Gasteiger partial charge < -0.3 is 4.90 Å². The van der Waals surface area contributed by atoms with Gasteiger partial charge in [0.05, 0.1) is 0 Å². The Morgan fingerprint density at radius 3 is 2.50 bits per heavy atom. The highest BCUT2D eigenvalue weighted by molar-refractivity contribution is 5.53. The summed E-state index contributed by atoms with van der Waals surface area (Å²) in [7, 11) is 2.19. The number of aryl methyl sites for hydroxylation is 1. The van der Waals surface area contributed by atoms with E-state index in [-0.39, 0.29) is 0 Å². The fourth-order valence-corrected chi connectivity index (χ4v) is 1.62. The lowest BCUT2D eigenvalue weighted by Crippen LogP contribution is -2.20. The molecule has 0 bridgehead atoms. The number of benzene rings is 1. The largest absolute Gasteiger partial charge is 0.371 e. The molecule has 0 amide bonds. The van der Waals surface area contributed by atoms with Crippen LogP contribution in [0, 0.1) is 6.92 Å². The molecule has 1 heteroatoms. The molecule has 0 unspecified atom stereocenters. The van der Waals surface area contributed by atoms with E-state index in [1.54, 1.807) is 0 Å². The molecular weight excluding hydrogens is 146 g/mol. The molecule has 0 N–H and O–H groups in total. The van der Waals surface area contributed by atoms with Crippen molar-refractivity contribution in [1.29, 1.82) is 0 Å². The van der Waals surface area contributed by atoms with Gasteiger partial charge in [-0.1, -0.05) is 18.2 Å². The lowest BCUT2D eigenvalue weighted by Gasteiger charge is -2.20. The topological polar surface area (TPSA) is 3.24 Å². The van der Waals surface area contributed by atoms with Gasteiger partial charge in [0.2, 0.25) is 0 Å². The predicted octanol–water partition coefficient (Wildman–Crippen LogP) is 2.59. The Morgan fingerprint density at radius 2 is 1.92 bits per heavy atom. The summed E-state index contributed by atoms with van der Waals surface area (Å²) in [6.45, 7) is 2.17. The van der Waals surface area contributed by atoms with E-state index in [0.717, 1.165) is 6.04 Å². The Labute approximate surface area is 74.0 Å². The normalized spacial score (nSPS) is 16.2. The van der Waals surface area contributed by atoms with Crippen molar-refractivity contribution in [1.82, 2.24) is 0 Å². The minimum atomic E-state index is 0.811. The molecule has 64 valence electrons. The lowest BCUT2D eigenvalue weighted by molar-refractivity contribution is 0.911. The van der Waals surface area contributed by atoms with Crippen molar-refractivity contribution < 1.29 is 0 Å². The van der Waals surface area contributed by atoms with Gasteiger partial charge in [-0.15, -0.1) is 0 Å². The van der Waals surface area contributed by atoms with Gasteiger partial charge in [0.1, 0.15) is 0 Å². The minimum absolute atomic E-state index is 0.811. The zero-order valence-electron chi connectivity index (χ0n) is 7.75. The fourth-order valence-electron chi connectivity index (χ4n) is 1.62. The number of rotatable bonds is 2. The molecule has 0 heterocycles. The highest BCUT2D eigenvalue weighted by Gasteiger charge is 2.26. The zero-order valence-corrected chi connectivity index (χ0v) is 7.75. The van der Waals surface area contributed by atoms with Crippen LogP contribution in [0.2, 0.25) is 0 Å². The molecule has 1 saturated carbocycles. The third kappa shape index (κ3) is 1.31. The zero-order chi connectivity index (χ0) is 8.55. The van der Waals surface area contributed by atoms with Crippen LogP contribution in [0.15, 0.2) is 24.3 Å². The van der Waals surface area contributed by atoms with Crippen LogP contribution in [0.25, 0.3) is 0 Å². The third-order valence-electron chi connectivity index (χ3n) is 2.59. The van der Waals surface area contributed by atoms with E-state index < -0.39 is 0 Å². The summed E-state index contributed by atoms with van der Waals surface area (Å²) in [6.07, 6.45) is 2.73. The van der Waals surface area contributed by atoms with Crippen LogP contribution in [0.3, 0.4) is 0 Å². The first-order valence-corrected chi connectivity index (χ1v) is 4.57. The van der Waals surface area contributed by atoms with Gasteiger partial charge in [-0.3, -0.25) is 0 Å². The first kappa shape index (κ1) is 7.66. The van der Waals surface area contributed by atoms with Crippen molar-refractivity contribution in [3.63, 3.8) is 0 Å². The molecule has 0 spiro atoms. The molecule has 0 aromatic heterocycles. The smallest absolute Gasteiger partial charge is 0.0395 e. The van der Waals surface area contributed by atoms with E-state index in [9.17, 15) is 0 Å². The summed E-state index contributed by atoms with van der Waals surface area (Å²) in [5, 5.41) is 0. The molecule has 0 radical (unpaired) electrons. The molecule has 2 rings (SSSR count). The average molecular weight is 161 g/mol. The third-order valence-corrected chi connectivity index (χ3v) is 2.59. The average Bonchev–Trinajstić information content (AvgIpc) is 2.86. The first-order chi connectivity index (χ1) is 5.79. The van der Waals surface area contributed by atoms with Crippen molar-refractivity contribution in [2.24, 2.45) is 0 Å². The van der Waals surface area contributed by atoms with Gasteiger partial charge in [-0.25, -0.2) is 0 Å². The molecule has 1 aromatic rings. The molecule has 0 atom stereocenters. The number of hydrogen-bond donors (Lipinski definition) is 0. The Hall–Kier alpha value is -0.980. The van der Waals surface area contributed by atoms with E-state index in [0.29, 0.717) is 0 Å². The Balaban J connectivity index is 2.25. The van der Waals surface area contributed by atoms with Gasteiger partial charge in [0.15, 0.2) is 0 Å². The second-order valence-electron chi connectivity index (χ2n) is 3.63. The van der Waals surface area contributed by atoms with E-state index in [1.807, 2.05) is 0 Å². The maximum Gasteiger partial charge on any atom is 0.0395 e. The van der Waals surface area contributed by atoms with Crippen molar-refractivity contribution in [2.75, 3.05) is 11.9 Å².